The molecule has 0 saturated carbocycles. The highest BCUT2D eigenvalue weighted by Gasteiger charge is 2.29. The summed E-state index contributed by atoms with van der Waals surface area (Å²) in [6, 6.07) is 19.3. The van der Waals surface area contributed by atoms with Gasteiger partial charge in [0.25, 0.3) is 0 Å². The Balaban J connectivity index is 1.51. The normalized spacial score (nSPS) is 12.0. The van der Waals surface area contributed by atoms with Crippen molar-refractivity contribution in [2.75, 3.05) is 11.9 Å². The number of ether oxygens (including phenoxy) is 1. The first-order chi connectivity index (χ1) is 14.5. The van der Waals surface area contributed by atoms with Crippen molar-refractivity contribution in [3.05, 3.63) is 89.0 Å². The van der Waals surface area contributed by atoms with Crippen LogP contribution in [-0.4, -0.2) is 34.9 Å². The highest BCUT2D eigenvalue weighted by Crippen LogP contribution is 2.44. The van der Waals surface area contributed by atoms with Gasteiger partial charge in [0.2, 0.25) is 0 Å². The van der Waals surface area contributed by atoms with E-state index in [1.807, 2.05) is 48.5 Å². The zero-order valence-corrected chi connectivity index (χ0v) is 15.7. The lowest BCUT2D eigenvalue weighted by Gasteiger charge is -2.15. The zero-order valence-electron chi connectivity index (χ0n) is 15.7. The summed E-state index contributed by atoms with van der Waals surface area (Å²) in [5, 5.41) is 20.7. The molecule has 0 aromatic heterocycles. The van der Waals surface area contributed by atoms with Crippen LogP contribution in [0.15, 0.2) is 66.7 Å². The molecular weight excluding hydrogens is 386 g/mol. The van der Waals surface area contributed by atoms with Gasteiger partial charge < -0.3 is 14.9 Å². The minimum absolute atomic E-state index is 0.0373. The number of aromatic carboxylic acids is 2. The summed E-state index contributed by atoms with van der Waals surface area (Å²) in [5.74, 6) is -2.74. The number of benzene rings is 3. The summed E-state index contributed by atoms with van der Waals surface area (Å²) >= 11 is 0. The smallest absolute Gasteiger partial charge is 0.411 e. The molecule has 0 radical (unpaired) electrons. The summed E-state index contributed by atoms with van der Waals surface area (Å²) < 4.78 is 5.40. The largest absolute Gasteiger partial charge is 0.478 e. The summed E-state index contributed by atoms with van der Waals surface area (Å²) in [6.45, 7) is 0.0788. The zero-order chi connectivity index (χ0) is 21.3. The number of hydrogen-bond acceptors (Lipinski definition) is 4. The standard InChI is InChI=1S/C23H17NO6/c25-21(26)13-9-10-20(18(11-13)22(27)28)24-23(29)30-12-19-16-7-3-1-5-14(16)15-6-2-4-8-17(15)19/h1-11,19H,12H2,(H,24,29)(H,25,26)(H,27,28). The number of fused-ring (bicyclic) bond motifs is 3. The van der Waals surface area contributed by atoms with Crippen LogP contribution in [0.3, 0.4) is 0 Å². The molecular formula is C23H17NO6. The fourth-order valence-electron chi connectivity index (χ4n) is 3.71. The molecule has 1 amide bonds. The van der Waals surface area contributed by atoms with Gasteiger partial charge in [-0.1, -0.05) is 48.5 Å². The average molecular weight is 403 g/mol. The molecule has 0 aliphatic heterocycles. The Morgan fingerprint density at radius 1 is 0.833 bits per heavy atom. The van der Waals surface area contributed by atoms with Crippen LogP contribution in [0.5, 0.6) is 0 Å². The number of carboxylic acids is 2. The fraction of sp³-hybridized carbons (Fsp3) is 0.0870. The predicted molar refractivity (Wildman–Crippen MR) is 109 cm³/mol. The third-order valence-corrected chi connectivity index (χ3v) is 5.08. The Morgan fingerprint density at radius 2 is 1.43 bits per heavy atom. The van der Waals surface area contributed by atoms with E-state index in [-0.39, 0.29) is 29.3 Å². The SMILES string of the molecule is O=C(Nc1ccc(C(=O)O)cc1C(=O)O)OCC1c2ccccc2-c2ccccc21. The van der Waals surface area contributed by atoms with Gasteiger partial charge in [-0.2, -0.15) is 0 Å². The van der Waals surface area contributed by atoms with E-state index in [9.17, 15) is 19.5 Å². The summed E-state index contributed by atoms with van der Waals surface area (Å²) in [5.41, 5.74) is 3.75. The molecule has 7 heteroatoms. The van der Waals surface area contributed by atoms with Gasteiger partial charge in [-0.15, -0.1) is 0 Å². The van der Waals surface area contributed by atoms with Gasteiger partial charge in [-0.05, 0) is 40.5 Å². The van der Waals surface area contributed by atoms with Gasteiger partial charge in [0, 0.05) is 5.92 Å². The van der Waals surface area contributed by atoms with E-state index in [1.54, 1.807) is 0 Å². The van der Waals surface area contributed by atoms with E-state index in [0.717, 1.165) is 28.3 Å². The van der Waals surface area contributed by atoms with E-state index >= 15 is 0 Å². The molecule has 0 unspecified atom stereocenters. The highest BCUT2D eigenvalue weighted by molar-refractivity contribution is 6.01. The first-order valence-corrected chi connectivity index (χ1v) is 9.18. The van der Waals surface area contributed by atoms with Crippen LogP contribution in [-0.2, 0) is 4.74 Å². The number of carbonyl (C=O) groups is 3. The highest BCUT2D eigenvalue weighted by atomic mass is 16.5. The predicted octanol–water partition coefficient (Wildman–Crippen LogP) is 4.44. The van der Waals surface area contributed by atoms with Crippen LogP contribution in [0.1, 0.15) is 37.8 Å². The van der Waals surface area contributed by atoms with E-state index in [2.05, 4.69) is 5.32 Å². The van der Waals surface area contributed by atoms with E-state index in [0.29, 0.717) is 0 Å². The molecule has 3 N–H and O–H groups in total. The van der Waals surface area contributed by atoms with Crippen molar-refractivity contribution in [1.29, 1.82) is 0 Å². The number of nitrogens with one attached hydrogen (secondary N) is 1. The van der Waals surface area contributed by atoms with Crippen molar-refractivity contribution in [3.63, 3.8) is 0 Å². The quantitative estimate of drug-likeness (QED) is 0.580. The van der Waals surface area contributed by atoms with Crippen molar-refractivity contribution in [1.82, 2.24) is 0 Å². The number of carboxylic acid groups (broad SMARTS) is 2. The molecule has 30 heavy (non-hydrogen) atoms. The molecule has 4 rings (SSSR count). The van der Waals surface area contributed by atoms with Gasteiger partial charge in [0.05, 0.1) is 16.8 Å². The maximum absolute atomic E-state index is 12.3. The maximum Gasteiger partial charge on any atom is 0.411 e. The molecule has 0 fully saturated rings. The molecule has 3 aromatic rings. The summed E-state index contributed by atoms with van der Waals surface area (Å²) in [6.07, 6.45) is -0.817. The van der Waals surface area contributed by atoms with Gasteiger partial charge in [0.15, 0.2) is 0 Å². The molecule has 1 aliphatic carbocycles. The minimum atomic E-state index is -1.35. The molecule has 3 aromatic carbocycles. The van der Waals surface area contributed by atoms with E-state index in [4.69, 9.17) is 9.84 Å². The third-order valence-electron chi connectivity index (χ3n) is 5.08. The van der Waals surface area contributed by atoms with Gasteiger partial charge in [0.1, 0.15) is 6.61 Å². The van der Waals surface area contributed by atoms with Crippen molar-refractivity contribution in [2.24, 2.45) is 0 Å². The first-order valence-electron chi connectivity index (χ1n) is 9.18. The first kappa shape index (κ1) is 19.2. The second kappa shape index (κ2) is 7.71. The fourth-order valence-corrected chi connectivity index (χ4v) is 3.71. The van der Waals surface area contributed by atoms with Crippen molar-refractivity contribution in [2.45, 2.75) is 5.92 Å². The Morgan fingerprint density at radius 3 is 2.00 bits per heavy atom. The second-order valence-corrected chi connectivity index (χ2v) is 6.82. The van der Waals surface area contributed by atoms with Crippen LogP contribution < -0.4 is 5.32 Å². The van der Waals surface area contributed by atoms with Crippen LogP contribution in [0, 0.1) is 0 Å². The van der Waals surface area contributed by atoms with Gasteiger partial charge in [-0.3, -0.25) is 5.32 Å². The maximum atomic E-state index is 12.3. The van der Waals surface area contributed by atoms with E-state index in [1.165, 1.54) is 12.1 Å². The molecule has 150 valence electrons. The van der Waals surface area contributed by atoms with Crippen LogP contribution in [0.4, 0.5) is 10.5 Å². The topological polar surface area (TPSA) is 113 Å². The van der Waals surface area contributed by atoms with Crippen molar-refractivity contribution in [3.8, 4) is 11.1 Å². The molecule has 0 spiro atoms. The van der Waals surface area contributed by atoms with Gasteiger partial charge in [-0.25, -0.2) is 14.4 Å². The second-order valence-electron chi connectivity index (χ2n) is 6.82. The number of amides is 1. The minimum Gasteiger partial charge on any atom is -0.478 e. The number of anilines is 1. The summed E-state index contributed by atoms with van der Waals surface area (Å²) in [4.78, 5) is 34.8. The van der Waals surface area contributed by atoms with Crippen LogP contribution in [0.25, 0.3) is 11.1 Å². The van der Waals surface area contributed by atoms with Crippen molar-refractivity contribution >= 4 is 23.7 Å². The Hall–Kier alpha value is -4.13. The lowest BCUT2D eigenvalue weighted by atomic mass is 9.98. The molecule has 0 bridgehead atoms. The number of hydrogen-bond donors (Lipinski definition) is 3. The molecule has 0 heterocycles. The van der Waals surface area contributed by atoms with Crippen LogP contribution in [0.2, 0.25) is 0 Å². The summed E-state index contributed by atoms with van der Waals surface area (Å²) in [7, 11) is 0. The Kier molecular flexibility index (Phi) is 4.93. The molecule has 0 atom stereocenters. The van der Waals surface area contributed by atoms with Gasteiger partial charge >= 0.3 is 18.0 Å². The Labute approximate surface area is 171 Å². The average Bonchev–Trinajstić information content (AvgIpc) is 3.06. The molecule has 7 nitrogen and oxygen atoms in total. The van der Waals surface area contributed by atoms with E-state index < -0.39 is 18.0 Å². The lowest BCUT2D eigenvalue weighted by molar-refractivity contribution is 0.0696. The molecule has 0 saturated heterocycles. The van der Waals surface area contributed by atoms with Crippen LogP contribution >= 0.6 is 0 Å². The third kappa shape index (κ3) is 3.48. The number of rotatable bonds is 5. The Bertz CT molecular complexity index is 1120. The lowest BCUT2D eigenvalue weighted by Crippen LogP contribution is -2.19. The van der Waals surface area contributed by atoms with Crippen molar-refractivity contribution < 1.29 is 29.3 Å². The number of carbonyl (C=O) groups excluding carboxylic acids is 1. The monoisotopic (exact) mass is 403 g/mol. The molecule has 1 aliphatic rings.